The number of carbonyl (C=O) groups excluding carboxylic acids is 1. The van der Waals surface area contributed by atoms with Crippen molar-refractivity contribution in [3.05, 3.63) is 30.1 Å². The third-order valence-corrected chi connectivity index (χ3v) is 4.53. The lowest BCUT2D eigenvalue weighted by Crippen LogP contribution is -2.32. The van der Waals surface area contributed by atoms with Crippen LogP contribution in [-0.4, -0.2) is 47.2 Å². The number of benzene rings is 1. The van der Waals surface area contributed by atoms with Gasteiger partial charge in [-0.15, -0.1) is 0 Å². The van der Waals surface area contributed by atoms with Gasteiger partial charge in [0.05, 0.1) is 17.6 Å². The van der Waals surface area contributed by atoms with Crippen molar-refractivity contribution in [3.8, 4) is 0 Å². The summed E-state index contributed by atoms with van der Waals surface area (Å²) in [5.41, 5.74) is 2.00. The van der Waals surface area contributed by atoms with E-state index in [1.807, 2.05) is 29.2 Å². The number of imidazole rings is 1. The summed E-state index contributed by atoms with van der Waals surface area (Å²) >= 11 is 0. The van der Waals surface area contributed by atoms with Crippen molar-refractivity contribution in [1.29, 1.82) is 0 Å². The summed E-state index contributed by atoms with van der Waals surface area (Å²) in [4.78, 5) is 19.4. The second-order valence-electron chi connectivity index (χ2n) is 6.65. The Labute approximate surface area is 137 Å². The summed E-state index contributed by atoms with van der Waals surface area (Å²) in [5.74, 6) is 1.91. The number of amides is 1. The highest BCUT2D eigenvalue weighted by Gasteiger charge is 2.27. The van der Waals surface area contributed by atoms with Gasteiger partial charge in [-0.1, -0.05) is 26.0 Å². The average molecular weight is 315 g/mol. The van der Waals surface area contributed by atoms with Crippen LogP contribution in [0.2, 0.25) is 0 Å². The molecule has 0 aliphatic carbocycles. The number of hydrogen-bond acceptors (Lipinski definition) is 3. The number of para-hydroxylation sites is 2. The molecular weight excluding hydrogens is 290 g/mol. The van der Waals surface area contributed by atoms with Crippen LogP contribution in [0.3, 0.4) is 0 Å². The molecule has 1 saturated heterocycles. The first-order chi connectivity index (χ1) is 11.1. The number of nitrogens with zero attached hydrogens (tertiary/aromatic N) is 3. The predicted octanol–water partition coefficient (Wildman–Crippen LogP) is 2.65. The Kier molecular flexibility index (Phi) is 4.66. The van der Waals surface area contributed by atoms with Crippen LogP contribution in [-0.2, 0) is 16.1 Å². The molecule has 0 saturated carbocycles. The van der Waals surface area contributed by atoms with Crippen LogP contribution in [0.5, 0.6) is 0 Å². The van der Waals surface area contributed by atoms with Gasteiger partial charge in [-0.05, 0) is 18.6 Å². The Morgan fingerprint density at radius 1 is 1.39 bits per heavy atom. The predicted molar refractivity (Wildman–Crippen MR) is 90.4 cm³/mol. The maximum absolute atomic E-state index is 12.7. The van der Waals surface area contributed by atoms with Crippen molar-refractivity contribution in [2.45, 2.75) is 32.7 Å². The minimum atomic E-state index is 0.175. The molecule has 0 unspecified atom stereocenters. The van der Waals surface area contributed by atoms with Crippen LogP contribution >= 0.6 is 0 Å². The summed E-state index contributed by atoms with van der Waals surface area (Å²) in [6, 6.07) is 8.03. The van der Waals surface area contributed by atoms with E-state index in [-0.39, 0.29) is 11.8 Å². The van der Waals surface area contributed by atoms with Gasteiger partial charge >= 0.3 is 0 Å². The van der Waals surface area contributed by atoms with Gasteiger partial charge in [0.2, 0.25) is 5.91 Å². The molecule has 0 radical (unpaired) electrons. The lowest BCUT2D eigenvalue weighted by molar-refractivity contribution is -0.130. The molecule has 1 aromatic carbocycles. The molecule has 1 aromatic heterocycles. The SMILES string of the molecule is COC[C@@H]1CCN(C(=O)Cn2c(C(C)C)nc3ccccc32)C1. The van der Waals surface area contributed by atoms with Crippen LogP contribution < -0.4 is 0 Å². The van der Waals surface area contributed by atoms with Crippen molar-refractivity contribution in [1.82, 2.24) is 14.5 Å². The van der Waals surface area contributed by atoms with Crippen LogP contribution in [0.25, 0.3) is 11.0 Å². The first-order valence-corrected chi connectivity index (χ1v) is 8.32. The molecule has 3 rings (SSSR count). The van der Waals surface area contributed by atoms with Crippen molar-refractivity contribution in [3.63, 3.8) is 0 Å². The standard InChI is InChI=1S/C18H25N3O2/c1-13(2)18-19-15-6-4-5-7-16(15)21(18)11-17(22)20-9-8-14(10-20)12-23-3/h4-7,13-14H,8-12H2,1-3H3/t14-/m1/s1. The van der Waals surface area contributed by atoms with Gasteiger partial charge in [-0.3, -0.25) is 4.79 Å². The minimum Gasteiger partial charge on any atom is -0.384 e. The fourth-order valence-electron chi connectivity index (χ4n) is 3.37. The van der Waals surface area contributed by atoms with Crippen molar-refractivity contribution < 1.29 is 9.53 Å². The number of fused-ring (bicyclic) bond motifs is 1. The molecule has 0 spiro atoms. The summed E-state index contributed by atoms with van der Waals surface area (Å²) < 4.78 is 7.29. The van der Waals surface area contributed by atoms with Gasteiger partial charge in [0.15, 0.2) is 0 Å². The topological polar surface area (TPSA) is 47.4 Å². The molecule has 1 amide bonds. The van der Waals surface area contributed by atoms with Gasteiger partial charge in [0.1, 0.15) is 12.4 Å². The van der Waals surface area contributed by atoms with Crippen LogP contribution in [0, 0.1) is 5.92 Å². The van der Waals surface area contributed by atoms with Crippen LogP contribution in [0.15, 0.2) is 24.3 Å². The van der Waals surface area contributed by atoms with E-state index >= 15 is 0 Å². The van der Waals surface area contributed by atoms with Crippen molar-refractivity contribution >= 4 is 16.9 Å². The van der Waals surface area contributed by atoms with Crippen LogP contribution in [0.4, 0.5) is 0 Å². The van der Waals surface area contributed by atoms with E-state index in [1.165, 1.54) is 0 Å². The van der Waals surface area contributed by atoms with Crippen molar-refractivity contribution in [2.24, 2.45) is 5.92 Å². The number of methoxy groups -OCH3 is 1. The minimum absolute atomic E-state index is 0.175. The number of carbonyl (C=O) groups is 1. The van der Waals surface area contributed by atoms with Gasteiger partial charge in [-0.2, -0.15) is 0 Å². The van der Waals surface area contributed by atoms with Crippen molar-refractivity contribution in [2.75, 3.05) is 26.8 Å². The number of hydrogen-bond donors (Lipinski definition) is 0. The third-order valence-electron chi connectivity index (χ3n) is 4.53. The summed E-state index contributed by atoms with van der Waals surface area (Å²) in [7, 11) is 1.72. The fraction of sp³-hybridized carbons (Fsp3) is 0.556. The zero-order valence-corrected chi connectivity index (χ0v) is 14.2. The van der Waals surface area contributed by atoms with E-state index in [4.69, 9.17) is 9.72 Å². The van der Waals surface area contributed by atoms with Gasteiger partial charge in [0, 0.05) is 32.0 Å². The van der Waals surface area contributed by atoms with E-state index < -0.39 is 0 Å². The average Bonchev–Trinajstić information content (AvgIpc) is 3.13. The Hall–Kier alpha value is -1.88. The highest BCUT2D eigenvalue weighted by molar-refractivity contribution is 5.81. The van der Waals surface area contributed by atoms with E-state index in [9.17, 15) is 4.79 Å². The zero-order chi connectivity index (χ0) is 16.4. The lowest BCUT2D eigenvalue weighted by atomic mass is 10.1. The number of rotatable bonds is 5. The molecule has 2 heterocycles. The molecule has 0 bridgehead atoms. The number of likely N-dealkylation sites (tertiary alicyclic amines) is 1. The fourth-order valence-corrected chi connectivity index (χ4v) is 3.37. The molecule has 124 valence electrons. The maximum atomic E-state index is 12.7. The largest absolute Gasteiger partial charge is 0.384 e. The van der Waals surface area contributed by atoms with E-state index in [2.05, 4.69) is 18.4 Å². The van der Waals surface area contributed by atoms with Gasteiger partial charge < -0.3 is 14.2 Å². The Morgan fingerprint density at radius 2 is 2.17 bits per heavy atom. The van der Waals surface area contributed by atoms with E-state index in [0.717, 1.165) is 43.0 Å². The van der Waals surface area contributed by atoms with Gasteiger partial charge in [0.25, 0.3) is 0 Å². The number of ether oxygens (including phenoxy) is 1. The molecule has 5 nitrogen and oxygen atoms in total. The summed E-state index contributed by atoms with van der Waals surface area (Å²) in [5, 5.41) is 0. The monoisotopic (exact) mass is 315 g/mol. The lowest BCUT2D eigenvalue weighted by Gasteiger charge is -2.18. The molecule has 0 N–H and O–H groups in total. The second-order valence-corrected chi connectivity index (χ2v) is 6.65. The maximum Gasteiger partial charge on any atom is 0.242 e. The molecule has 5 heteroatoms. The smallest absolute Gasteiger partial charge is 0.242 e. The van der Waals surface area contributed by atoms with E-state index in [1.54, 1.807) is 7.11 Å². The highest BCUT2D eigenvalue weighted by Crippen LogP contribution is 2.23. The molecule has 1 aliphatic heterocycles. The molecular formula is C18H25N3O2. The first kappa shape index (κ1) is 16.0. The molecule has 1 atom stereocenters. The third kappa shape index (κ3) is 3.24. The molecule has 1 aliphatic rings. The zero-order valence-electron chi connectivity index (χ0n) is 14.2. The Morgan fingerprint density at radius 3 is 2.91 bits per heavy atom. The molecule has 1 fully saturated rings. The van der Waals surface area contributed by atoms with Gasteiger partial charge in [-0.25, -0.2) is 4.98 Å². The quantitative estimate of drug-likeness (QED) is 0.852. The second kappa shape index (κ2) is 6.71. The molecule has 2 aromatic rings. The highest BCUT2D eigenvalue weighted by atomic mass is 16.5. The first-order valence-electron chi connectivity index (χ1n) is 8.32. The number of aromatic nitrogens is 2. The Bertz CT molecular complexity index is 693. The molecule has 23 heavy (non-hydrogen) atoms. The van der Waals surface area contributed by atoms with E-state index in [0.29, 0.717) is 12.5 Å². The normalized spacial score (nSPS) is 18.3. The Balaban J connectivity index is 1.81. The summed E-state index contributed by atoms with van der Waals surface area (Å²) in [6.07, 6.45) is 1.03. The summed E-state index contributed by atoms with van der Waals surface area (Å²) in [6.45, 7) is 6.97. The van der Waals surface area contributed by atoms with Crippen LogP contribution in [0.1, 0.15) is 32.0 Å².